The van der Waals surface area contributed by atoms with E-state index in [0.717, 1.165) is 55.7 Å². The van der Waals surface area contributed by atoms with Crippen LogP contribution in [0.4, 0.5) is 0 Å². The first-order chi connectivity index (χ1) is 9.34. The molecule has 1 aliphatic rings. The van der Waals surface area contributed by atoms with Gasteiger partial charge in [0.15, 0.2) is 0 Å². The van der Waals surface area contributed by atoms with Crippen LogP contribution in [0.5, 0.6) is 0 Å². The van der Waals surface area contributed by atoms with E-state index in [0.29, 0.717) is 0 Å². The van der Waals surface area contributed by atoms with E-state index >= 15 is 0 Å². The predicted octanol–water partition coefficient (Wildman–Crippen LogP) is 1.76. The Morgan fingerprint density at radius 1 is 1.32 bits per heavy atom. The van der Waals surface area contributed by atoms with Gasteiger partial charge in [-0.25, -0.2) is 9.50 Å². The van der Waals surface area contributed by atoms with Crippen LogP contribution in [0.25, 0.3) is 5.52 Å². The minimum absolute atomic E-state index is 0.868. The lowest BCUT2D eigenvalue weighted by Crippen LogP contribution is -2.37. The first-order valence-corrected chi connectivity index (χ1v) is 7.40. The topological polar surface area (TPSA) is 42.7 Å². The molecule has 1 aliphatic heterocycles. The molecule has 6 heteroatoms. The lowest BCUT2D eigenvalue weighted by Gasteiger charge is -2.26. The molecular weight excluding hydrogens is 308 g/mol. The van der Waals surface area contributed by atoms with Crippen LogP contribution < -0.4 is 0 Å². The first-order valence-electron chi connectivity index (χ1n) is 6.61. The average Bonchev–Trinajstić information content (AvgIpc) is 2.78. The summed E-state index contributed by atoms with van der Waals surface area (Å²) in [6.07, 6.45) is 5.59. The Morgan fingerprint density at radius 3 is 3.00 bits per heavy atom. The van der Waals surface area contributed by atoms with Crippen molar-refractivity contribution in [2.45, 2.75) is 12.8 Å². The van der Waals surface area contributed by atoms with Crippen molar-refractivity contribution in [3.8, 4) is 0 Å². The van der Waals surface area contributed by atoms with Crippen LogP contribution in [0.1, 0.15) is 12.1 Å². The molecule has 0 aliphatic carbocycles. The van der Waals surface area contributed by atoms with Crippen LogP contribution in [-0.4, -0.2) is 52.3 Å². The zero-order valence-electron chi connectivity index (χ0n) is 10.8. The molecule has 0 bridgehead atoms. The van der Waals surface area contributed by atoms with Crippen molar-refractivity contribution in [2.75, 3.05) is 32.8 Å². The lowest BCUT2D eigenvalue weighted by atomic mass is 10.2. The van der Waals surface area contributed by atoms with Gasteiger partial charge in [0.1, 0.15) is 6.33 Å². The summed E-state index contributed by atoms with van der Waals surface area (Å²) in [5.74, 6) is 0. The molecule has 0 aromatic carbocycles. The lowest BCUT2D eigenvalue weighted by molar-refractivity contribution is 0.0374. The van der Waals surface area contributed by atoms with E-state index in [4.69, 9.17) is 4.74 Å². The Kier molecular flexibility index (Phi) is 4.10. The van der Waals surface area contributed by atoms with Gasteiger partial charge in [-0.1, -0.05) is 0 Å². The molecule has 3 heterocycles. The van der Waals surface area contributed by atoms with Gasteiger partial charge in [-0.15, -0.1) is 0 Å². The minimum atomic E-state index is 0.868. The van der Waals surface area contributed by atoms with Crippen LogP contribution in [0.3, 0.4) is 0 Å². The number of aryl methyl sites for hydroxylation is 1. The molecule has 2 aromatic heterocycles. The van der Waals surface area contributed by atoms with Crippen LogP contribution in [0.15, 0.2) is 23.1 Å². The molecule has 3 rings (SSSR count). The summed E-state index contributed by atoms with van der Waals surface area (Å²) in [6, 6.07) is 2.14. The summed E-state index contributed by atoms with van der Waals surface area (Å²) in [6.45, 7) is 4.97. The molecule has 2 aromatic rings. The molecule has 1 fully saturated rings. The Balaban J connectivity index is 1.62. The maximum atomic E-state index is 5.36. The zero-order valence-corrected chi connectivity index (χ0v) is 12.3. The summed E-state index contributed by atoms with van der Waals surface area (Å²) in [5.41, 5.74) is 2.27. The van der Waals surface area contributed by atoms with Crippen molar-refractivity contribution >= 4 is 21.4 Å². The molecule has 1 saturated heterocycles. The minimum Gasteiger partial charge on any atom is -0.379 e. The summed E-state index contributed by atoms with van der Waals surface area (Å²) in [5, 5.41) is 4.31. The van der Waals surface area contributed by atoms with Crippen molar-refractivity contribution in [3.63, 3.8) is 0 Å². The fourth-order valence-corrected chi connectivity index (χ4v) is 3.00. The van der Waals surface area contributed by atoms with Crippen LogP contribution in [0, 0.1) is 0 Å². The monoisotopic (exact) mass is 324 g/mol. The third-order valence-corrected chi connectivity index (χ3v) is 4.11. The number of fused-ring (bicyclic) bond motifs is 1. The second-order valence-electron chi connectivity index (χ2n) is 4.75. The molecule has 0 atom stereocenters. The van der Waals surface area contributed by atoms with Crippen molar-refractivity contribution in [1.82, 2.24) is 19.5 Å². The number of aromatic nitrogens is 3. The van der Waals surface area contributed by atoms with Gasteiger partial charge in [0, 0.05) is 23.3 Å². The highest BCUT2D eigenvalue weighted by Gasteiger charge is 2.11. The van der Waals surface area contributed by atoms with E-state index in [9.17, 15) is 0 Å². The molecule has 102 valence electrons. The van der Waals surface area contributed by atoms with Gasteiger partial charge < -0.3 is 4.74 Å². The zero-order chi connectivity index (χ0) is 13.1. The Labute approximate surface area is 120 Å². The fourth-order valence-electron chi connectivity index (χ4n) is 2.46. The van der Waals surface area contributed by atoms with E-state index < -0.39 is 0 Å². The smallest absolute Gasteiger partial charge is 0.136 e. The highest BCUT2D eigenvalue weighted by Crippen LogP contribution is 2.21. The number of rotatable bonds is 4. The molecule has 0 saturated carbocycles. The summed E-state index contributed by atoms with van der Waals surface area (Å²) < 4.78 is 8.39. The normalized spacial score (nSPS) is 17.1. The van der Waals surface area contributed by atoms with Crippen molar-refractivity contribution in [3.05, 3.63) is 28.8 Å². The Bertz CT molecular complexity index is 551. The van der Waals surface area contributed by atoms with Crippen LogP contribution in [-0.2, 0) is 11.2 Å². The number of hydrogen-bond acceptors (Lipinski definition) is 4. The van der Waals surface area contributed by atoms with E-state index in [1.54, 1.807) is 6.33 Å². The Morgan fingerprint density at radius 2 is 2.16 bits per heavy atom. The highest BCUT2D eigenvalue weighted by atomic mass is 79.9. The maximum absolute atomic E-state index is 5.36. The van der Waals surface area contributed by atoms with Crippen LogP contribution >= 0.6 is 15.9 Å². The summed E-state index contributed by atoms with van der Waals surface area (Å²) in [7, 11) is 0. The SMILES string of the molecule is Brc1cc(CCCN2CCOCC2)n2ncncc12. The number of ether oxygens (including phenoxy) is 1. The molecule has 0 unspecified atom stereocenters. The average molecular weight is 325 g/mol. The second-order valence-corrected chi connectivity index (χ2v) is 5.60. The van der Waals surface area contributed by atoms with Gasteiger partial charge >= 0.3 is 0 Å². The predicted molar refractivity (Wildman–Crippen MR) is 76.3 cm³/mol. The van der Waals surface area contributed by atoms with E-state index in [1.807, 2.05) is 10.7 Å². The first kappa shape index (κ1) is 13.0. The third kappa shape index (κ3) is 2.96. The molecule has 0 N–H and O–H groups in total. The van der Waals surface area contributed by atoms with Crippen molar-refractivity contribution in [2.24, 2.45) is 0 Å². The molecule has 5 nitrogen and oxygen atoms in total. The quantitative estimate of drug-likeness (QED) is 0.859. The van der Waals surface area contributed by atoms with Gasteiger partial charge in [-0.3, -0.25) is 4.90 Å². The third-order valence-electron chi connectivity index (χ3n) is 3.48. The van der Waals surface area contributed by atoms with Gasteiger partial charge in [0.2, 0.25) is 0 Å². The number of hydrogen-bond donors (Lipinski definition) is 0. The highest BCUT2D eigenvalue weighted by molar-refractivity contribution is 9.10. The van der Waals surface area contributed by atoms with E-state index in [1.165, 1.54) is 5.69 Å². The molecule has 0 amide bonds. The van der Waals surface area contributed by atoms with Crippen molar-refractivity contribution < 1.29 is 4.74 Å². The van der Waals surface area contributed by atoms with Crippen molar-refractivity contribution in [1.29, 1.82) is 0 Å². The summed E-state index contributed by atoms with van der Waals surface area (Å²) in [4.78, 5) is 6.52. The van der Waals surface area contributed by atoms with E-state index in [2.05, 4.69) is 37.0 Å². The van der Waals surface area contributed by atoms with Gasteiger partial charge in [0.05, 0.1) is 24.9 Å². The fraction of sp³-hybridized carbons (Fsp3) is 0.538. The maximum Gasteiger partial charge on any atom is 0.136 e. The number of nitrogens with zero attached hydrogens (tertiary/aromatic N) is 4. The number of morpholine rings is 1. The van der Waals surface area contributed by atoms with E-state index in [-0.39, 0.29) is 0 Å². The van der Waals surface area contributed by atoms with Gasteiger partial charge in [-0.05, 0) is 41.4 Å². The van der Waals surface area contributed by atoms with Gasteiger partial charge in [-0.2, -0.15) is 5.10 Å². The van der Waals surface area contributed by atoms with Crippen LogP contribution in [0.2, 0.25) is 0 Å². The summed E-state index contributed by atoms with van der Waals surface area (Å²) >= 11 is 3.56. The van der Waals surface area contributed by atoms with Gasteiger partial charge in [0.25, 0.3) is 0 Å². The molecule has 19 heavy (non-hydrogen) atoms. The standard InChI is InChI=1S/C13H17BrN4O/c14-12-8-11(18-13(12)9-15-10-16-18)2-1-3-17-4-6-19-7-5-17/h8-10H,1-7H2. The largest absolute Gasteiger partial charge is 0.379 e. The molecule has 0 radical (unpaired) electrons. The number of halogens is 1. The molecular formula is C13H17BrN4O. The molecule has 0 spiro atoms. The second kappa shape index (κ2) is 5.98. The Hall–Kier alpha value is -0.980.